The number of nitrogens with zero attached hydrogens (tertiary/aromatic N) is 1. The quantitative estimate of drug-likeness (QED) is 0.428. The first-order valence-electron chi connectivity index (χ1n) is 5.03. The van der Waals surface area contributed by atoms with Crippen LogP contribution >= 0.6 is 27.5 Å². The summed E-state index contributed by atoms with van der Waals surface area (Å²) in [5, 5.41) is 4.00. The standard InChI is InChI=1S/C10H15BrClNO/c1-8(2)7-3-4-9(8,6-11)10(12,5-7)13-14/h7H,3-6H2,1-2H3/t7-,9+,10+/m1/s1. The molecule has 0 aliphatic heterocycles. The lowest BCUT2D eigenvalue weighted by molar-refractivity contribution is 0.128. The third-order valence-corrected chi connectivity index (χ3v) is 6.34. The van der Waals surface area contributed by atoms with Crippen LogP contribution in [-0.2, 0) is 0 Å². The van der Waals surface area contributed by atoms with E-state index in [1.807, 2.05) is 0 Å². The van der Waals surface area contributed by atoms with Crippen LogP contribution in [0.3, 0.4) is 0 Å². The van der Waals surface area contributed by atoms with Gasteiger partial charge in [-0.05, 0) is 35.8 Å². The van der Waals surface area contributed by atoms with Gasteiger partial charge in [-0.15, -0.1) is 4.91 Å². The Bertz CT molecular complexity index is 283. The predicted octanol–water partition coefficient (Wildman–Crippen LogP) is 3.91. The predicted molar refractivity (Wildman–Crippen MR) is 61.7 cm³/mol. The second-order valence-electron chi connectivity index (χ2n) is 5.23. The van der Waals surface area contributed by atoms with Gasteiger partial charge in [0.05, 0.1) is 0 Å². The second-order valence-corrected chi connectivity index (χ2v) is 6.41. The summed E-state index contributed by atoms with van der Waals surface area (Å²) < 4.78 is 0. The Morgan fingerprint density at radius 1 is 1.57 bits per heavy atom. The molecular weight excluding hydrogens is 265 g/mol. The van der Waals surface area contributed by atoms with Gasteiger partial charge in [0.25, 0.3) is 0 Å². The van der Waals surface area contributed by atoms with Crippen molar-refractivity contribution < 1.29 is 0 Å². The van der Waals surface area contributed by atoms with Crippen LogP contribution in [0, 0.1) is 21.7 Å². The van der Waals surface area contributed by atoms with Crippen LogP contribution in [-0.4, -0.2) is 10.3 Å². The van der Waals surface area contributed by atoms with Crippen LogP contribution in [0.4, 0.5) is 0 Å². The number of hydrogen-bond donors (Lipinski definition) is 0. The minimum Gasteiger partial charge on any atom is -0.149 e. The van der Waals surface area contributed by atoms with Crippen molar-refractivity contribution in [3.8, 4) is 0 Å². The molecule has 80 valence electrons. The molecule has 0 aromatic carbocycles. The Labute approximate surface area is 97.9 Å². The zero-order chi connectivity index (χ0) is 10.6. The van der Waals surface area contributed by atoms with Gasteiger partial charge in [-0.25, -0.2) is 0 Å². The molecule has 0 saturated heterocycles. The molecule has 2 aliphatic rings. The molecule has 2 rings (SSSR count). The molecule has 0 aromatic heterocycles. The van der Waals surface area contributed by atoms with Crippen LogP contribution in [0.5, 0.6) is 0 Å². The molecule has 2 saturated carbocycles. The van der Waals surface area contributed by atoms with E-state index < -0.39 is 5.00 Å². The van der Waals surface area contributed by atoms with Crippen molar-refractivity contribution in [3.05, 3.63) is 4.91 Å². The molecule has 2 fully saturated rings. The Kier molecular flexibility index (Phi) is 2.29. The van der Waals surface area contributed by atoms with Crippen molar-refractivity contribution in [2.24, 2.45) is 21.9 Å². The maximum absolute atomic E-state index is 11.0. The maximum Gasteiger partial charge on any atom is 0.182 e. The van der Waals surface area contributed by atoms with Gasteiger partial charge < -0.3 is 0 Å². The first kappa shape index (κ1) is 10.9. The monoisotopic (exact) mass is 279 g/mol. The highest BCUT2D eigenvalue weighted by Gasteiger charge is 2.71. The van der Waals surface area contributed by atoms with E-state index in [0.29, 0.717) is 5.92 Å². The van der Waals surface area contributed by atoms with Crippen molar-refractivity contribution >= 4 is 27.5 Å². The number of hydrogen-bond acceptors (Lipinski definition) is 2. The average molecular weight is 281 g/mol. The van der Waals surface area contributed by atoms with E-state index >= 15 is 0 Å². The van der Waals surface area contributed by atoms with Gasteiger partial charge in [0, 0.05) is 10.7 Å². The lowest BCUT2D eigenvalue weighted by Gasteiger charge is -2.42. The van der Waals surface area contributed by atoms with E-state index in [1.165, 1.54) is 6.42 Å². The maximum atomic E-state index is 11.0. The molecule has 0 amide bonds. The SMILES string of the molecule is CC1(C)[C@@H]2CC[C@@]1(CBr)[C@@](Cl)(N=O)C2. The average Bonchev–Trinajstić information content (AvgIpc) is 2.49. The highest BCUT2D eigenvalue weighted by molar-refractivity contribution is 9.09. The van der Waals surface area contributed by atoms with Gasteiger partial charge in [-0.1, -0.05) is 41.4 Å². The molecule has 2 bridgehead atoms. The molecule has 0 aromatic rings. The molecule has 4 heteroatoms. The fraction of sp³-hybridized carbons (Fsp3) is 1.00. The topological polar surface area (TPSA) is 29.4 Å². The summed E-state index contributed by atoms with van der Waals surface area (Å²) in [5.41, 5.74) is -0.0138. The Morgan fingerprint density at radius 2 is 2.21 bits per heavy atom. The van der Waals surface area contributed by atoms with E-state index in [9.17, 15) is 4.91 Å². The number of halogens is 2. The minimum absolute atomic E-state index is 0.131. The second kappa shape index (κ2) is 2.94. The van der Waals surface area contributed by atoms with Crippen LogP contribution < -0.4 is 0 Å². The molecule has 0 unspecified atom stereocenters. The van der Waals surface area contributed by atoms with Gasteiger partial charge in [-0.3, -0.25) is 0 Å². The first-order chi connectivity index (χ1) is 6.43. The molecule has 0 N–H and O–H groups in total. The summed E-state index contributed by atoms with van der Waals surface area (Å²) in [6.45, 7) is 4.45. The van der Waals surface area contributed by atoms with E-state index in [0.717, 1.165) is 18.2 Å². The molecule has 3 atom stereocenters. The number of nitroso groups, excluding NO2 is 1. The normalized spacial score (nSPS) is 49.6. The van der Waals surface area contributed by atoms with Crippen molar-refractivity contribution in [1.29, 1.82) is 0 Å². The molecule has 0 heterocycles. The van der Waals surface area contributed by atoms with Gasteiger partial charge in [0.15, 0.2) is 5.00 Å². The molecule has 2 nitrogen and oxygen atoms in total. The first-order valence-corrected chi connectivity index (χ1v) is 6.53. The summed E-state index contributed by atoms with van der Waals surface area (Å²) in [6, 6.07) is 0. The van der Waals surface area contributed by atoms with Crippen LogP contribution in [0.1, 0.15) is 33.1 Å². The largest absolute Gasteiger partial charge is 0.182 e. The zero-order valence-electron chi connectivity index (χ0n) is 8.52. The van der Waals surface area contributed by atoms with Gasteiger partial charge in [-0.2, -0.15) is 0 Å². The van der Waals surface area contributed by atoms with Crippen molar-refractivity contribution in [3.63, 3.8) is 0 Å². The van der Waals surface area contributed by atoms with E-state index in [-0.39, 0.29) is 10.8 Å². The molecule has 0 spiro atoms. The van der Waals surface area contributed by atoms with Crippen LogP contribution in [0.25, 0.3) is 0 Å². The van der Waals surface area contributed by atoms with Gasteiger partial charge in [0.2, 0.25) is 0 Å². The number of fused-ring (bicyclic) bond motifs is 2. The van der Waals surface area contributed by atoms with Crippen molar-refractivity contribution in [2.45, 2.75) is 38.1 Å². The van der Waals surface area contributed by atoms with Crippen molar-refractivity contribution in [2.75, 3.05) is 5.33 Å². The Morgan fingerprint density at radius 3 is 2.57 bits per heavy atom. The smallest absolute Gasteiger partial charge is 0.149 e. The highest BCUT2D eigenvalue weighted by atomic mass is 79.9. The molecule has 14 heavy (non-hydrogen) atoms. The summed E-state index contributed by atoms with van der Waals surface area (Å²) in [4.78, 5) is 10.1. The summed E-state index contributed by atoms with van der Waals surface area (Å²) in [5.74, 6) is 0.551. The van der Waals surface area contributed by atoms with E-state index in [1.54, 1.807) is 0 Å². The third-order valence-electron chi connectivity index (χ3n) is 4.80. The summed E-state index contributed by atoms with van der Waals surface area (Å²) >= 11 is 9.91. The van der Waals surface area contributed by atoms with Gasteiger partial charge in [0.1, 0.15) is 0 Å². The molecule has 0 radical (unpaired) electrons. The van der Waals surface area contributed by atoms with E-state index in [4.69, 9.17) is 11.6 Å². The van der Waals surface area contributed by atoms with Crippen LogP contribution in [0.15, 0.2) is 5.18 Å². The fourth-order valence-corrected chi connectivity index (χ4v) is 5.74. The third kappa shape index (κ3) is 0.934. The molecule has 2 aliphatic carbocycles. The number of alkyl halides is 2. The lowest BCUT2D eigenvalue weighted by atomic mass is 9.69. The minimum atomic E-state index is -0.872. The zero-order valence-corrected chi connectivity index (χ0v) is 10.9. The Hall–Kier alpha value is 0.370. The van der Waals surface area contributed by atoms with Crippen LogP contribution in [0.2, 0.25) is 0 Å². The Balaban J connectivity index is 2.51. The summed E-state index contributed by atoms with van der Waals surface area (Å²) in [6.07, 6.45) is 2.95. The highest BCUT2D eigenvalue weighted by Crippen LogP contribution is 2.72. The molecular formula is C10H15BrClNO. The number of rotatable bonds is 2. The van der Waals surface area contributed by atoms with E-state index in [2.05, 4.69) is 35.0 Å². The van der Waals surface area contributed by atoms with Crippen molar-refractivity contribution in [1.82, 2.24) is 0 Å². The van der Waals surface area contributed by atoms with Gasteiger partial charge >= 0.3 is 0 Å². The fourth-order valence-electron chi connectivity index (χ4n) is 3.52. The lowest BCUT2D eigenvalue weighted by Crippen LogP contribution is -2.45. The summed E-state index contributed by atoms with van der Waals surface area (Å²) in [7, 11) is 0.